The molecule has 1 unspecified atom stereocenters. The van der Waals surface area contributed by atoms with Gasteiger partial charge in [-0.1, -0.05) is 30.3 Å². The Balaban J connectivity index is 1.37. The molecule has 10 nitrogen and oxygen atoms in total. The van der Waals surface area contributed by atoms with Gasteiger partial charge in [0.1, 0.15) is 17.0 Å². The molecule has 1 aromatic carbocycles. The number of aromatic nitrogens is 5. The van der Waals surface area contributed by atoms with E-state index < -0.39 is 6.10 Å². The first-order valence-corrected chi connectivity index (χ1v) is 14.6. The molecule has 5 aromatic rings. The number of nitrogens with zero attached hydrogens (tertiary/aromatic N) is 6. The van der Waals surface area contributed by atoms with Crippen molar-refractivity contribution in [3.63, 3.8) is 0 Å². The lowest BCUT2D eigenvalue weighted by molar-refractivity contribution is 0.0448. The molecule has 2 N–H and O–H groups in total. The maximum atomic E-state index is 13.4. The number of carbonyl (C=O) groups excluding carboxylic acids is 1. The second-order valence-corrected chi connectivity index (χ2v) is 11.5. The molecule has 4 aromatic heterocycles. The first kappa shape index (κ1) is 26.6. The summed E-state index contributed by atoms with van der Waals surface area (Å²) in [7, 11) is 3.80. The van der Waals surface area contributed by atoms with Crippen molar-refractivity contribution >= 4 is 28.4 Å². The maximum Gasteiger partial charge on any atom is 0.257 e. The van der Waals surface area contributed by atoms with E-state index >= 15 is 0 Å². The van der Waals surface area contributed by atoms with Crippen molar-refractivity contribution < 1.29 is 14.6 Å². The van der Waals surface area contributed by atoms with E-state index in [0.29, 0.717) is 24.2 Å². The number of hydrogen-bond acceptors (Lipinski definition) is 7. The van der Waals surface area contributed by atoms with Crippen molar-refractivity contribution in [1.29, 1.82) is 0 Å². The number of ether oxygens (including phenoxy) is 1. The van der Waals surface area contributed by atoms with Crippen molar-refractivity contribution in [2.75, 3.05) is 19.1 Å². The van der Waals surface area contributed by atoms with E-state index in [1.54, 1.807) is 17.8 Å². The summed E-state index contributed by atoms with van der Waals surface area (Å²) in [4.78, 5) is 25.3. The number of rotatable bonds is 8. The van der Waals surface area contributed by atoms with Gasteiger partial charge in [0.15, 0.2) is 5.65 Å². The molecule has 0 spiro atoms. The zero-order chi connectivity index (χ0) is 28.8. The van der Waals surface area contributed by atoms with Crippen LogP contribution >= 0.6 is 0 Å². The SMILES string of the molecule is CO[C@H]1CCC[C@@H]1n1cc(-c2cc(N(C)Cc3ccccc3)n3ncc(C(=O)NC4CC[C@H]4O)c3n2)c2cccnc21. The molecule has 2 saturated carbocycles. The lowest BCUT2D eigenvalue weighted by atomic mass is 9.89. The summed E-state index contributed by atoms with van der Waals surface area (Å²) in [5.41, 5.74) is 4.57. The van der Waals surface area contributed by atoms with E-state index in [-0.39, 0.29) is 24.1 Å². The lowest BCUT2D eigenvalue weighted by Crippen LogP contribution is -2.50. The van der Waals surface area contributed by atoms with Crippen LogP contribution in [0.5, 0.6) is 0 Å². The van der Waals surface area contributed by atoms with Crippen molar-refractivity contribution in [1.82, 2.24) is 29.5 Å². The van der Waals surface area contributed by atoms with Gasteiger partial charge in [-0.3, -0.25) is 4.79 Å². The molecule has 4 heterocycles. The molecular weight excluding hydrogens is 530 g/mol. The Bertz CT molecular complexity index is 1750. The summed E-state index contributed by atoms with van der Waals surface area (Å²) in [6.07, 6.45) is 9.74. The average molecular weight is 566 g/mol. The van der Waals surface area contributed by atoms with E-state index in [1.807, 2.05) is 43.6 Å². The Kier molecular flexibility index (Phi) is 6.87. The van der Waals surface area contributed by atoms with Crippen LogP contribution in [0.4, 0.5) is 5.82 Å². The van der Waals surface area contributed by atoms with E-state index in [2.05, 4.69) is 44.3 Å². The van der Waals surface area contributed by atoms with Crippen LogP contribution in [-0.2, 0) is 11.3 Å². The molecule has 0 radical (unpaired) electrons. The molecule has 10 heteroatoms. The van der Waals surface area contributed by atoms with Crippen molar-refractivity contribution in [3.8, 4) is 11.3 Å². The van der Waals surface area contributed by atoms with E-state index in [1.165, 1.54) is 0 Å². The third kappa shape index (κ3) is 4.60. The highest BCUT2D eigenvalue weighted by atomic mass is 16.5. The minimum absolute atomic E-state index is 0.130. The van der Waals surface area contributed by atoms with Gasteiger partial charge in [0.25, 0.3) is 5.91 Å². The normalized spacial score (nSPS) is 22.0. The molecule has 0 saturated heterocycles. The van der Waals surface area contributed by atoms with Gasteiger partial charge in [0.2, 0.25) is 0 Å². The quantitative estimate of drug-likeness (QED) is 0.287. The van der Waals surface area contributed by atoms with Crippen LogP contribution in [0.15, 0.2) is 67.1 Å². The number of benzene rings is 1. The molecule has 7 rings (SSSR count). The molecule has 2 aliphatic rings. The maximum absolute atomic E-state index is 13.4. The third-order valence-electron chi connectivity index (χ3n) is 8.85. The van der Waals surface area contributed by atoms with Gasteiger partial charge in [-0.05, 0) is 49.8 Å². The second-order valence-electron chi connectivity index (χ2n) is 11.5. The van der Waals surface area contributed by atoms with Gasteiger partial charge in [-0.15, -0.1) is 0 Å². The Labute approximate surface area is 244 Å². The molecular formula is C32H35N7O3. The highest BCUT2D eigenvalue weighted by molar-refractivity contribution is 6.01. The molecule has 2 fully saturated rings. The smallest absolute Gasteiger partial charge is 0.257 e. The lowest BCUT2D eigenvalue weighted by Gasteiger charge is -2.32. The van der Waals surface area contributed by atoms with Crippen LogP contribution in [0.2, 0.25) is 0 Å². The van der Waals surface area contributed by atoms with Crippen LogP contribution < -0.4 is 10.2 Å². The van der Waals surface area contributed by atoms with Crippen LogP contribution in [-0.4, -0.2) is 67.6 Å². The Morgan fingerprint density at radius 1 is 1.12 bits per heavy atom. The Hall–Kier alpha value is -4.28. The zero-order valence-electron chi connectivity index (χ0n) is 23.8. The molecule has 42 heavy (non-hydrogen) atoms. The number of aliphatic hydroxyl groups excluding tert-OH is 1. The number of pyridine rings is 1. The van der Waals surface area contributed by atoms with Crippen molar-refractivity contribution in [2.45, 2.75) is 62.9 Å². The number of anilines is 1. The summed E-state index contributed by atoms with van der Waals surface area (Å²) in [5, 5.41) is 18.6. The summed E-state index contributed by atoms with van der Waals surface area (Å²) in [6.45, 7) is 0.649. The largest absolute Gasteiger partial charge is 0.391 e. The number of nitrogens with one attached hydrogen (secondary N) is 1. The summed E-state index contributed by atoms with van der Waals surface area (Å²) in [5.74, 6) is 0.523. The van der Waals surface area contributed by atoms with Gasteiger partial charge in [-0.25, -0.2) is 9.97 Å². The summed E-state index contributed by atoms with van der Waals surface area (Å²) < 4.78 is 9.82. The van der Waals surface area contributed by atoms with Crippen LogP contribution in [0.3, 0.4) is 0 Å². The Morgan fingerprint density at radius 2 is 1.98 bits per heavy atom. The van der Waals surface area contributed by atoms with Crippen LogP contribution in [0.1, 0.15) is 54.1 Å². The summed E-state index contributed by atoms with van der Waals surface area (Å²) >= 11 is 0. The first-order chi connectivity index (χ1) is 20.5. The molecule has 1 amide bonds. The Morgan fingerprint density at radius 3 is 2.74 bits per heavy atom. The van der Waals surface area contributed by atoms with E-state index in [4.69, 9.17) is 14.7 Å². The number of fused-ring (bicyclic) bond motifs is 2. The van der Waals surface area contributed by atoms with Gasteiger partial charge < -0.3 is 24.6 Å². The monoisotopic (exact) mass is 565 g/mol. The topological polar surface area (TPSA) is 110 Å². The summed E-state index contributed by atoms with van der Waals surface area (Å²) in [6, 6.07) is 16.2. The number of methoxy groups -OCH3 is 1. The number of aliphatic hydroxyl groups is 1. The van der Waals surface area contributed by atoms with Gasteiger partial charge in [0.05, 0.1) is 36.2 Å². The zero-order valence-corrected chi connectivity index (χ0v) is 23.8. The fourth-order valence-electron chi connectivity index (χ4n) is 6.39. The van der Waals surface area contributed by atoms with Crippen LogP contribution in [0.25, 0.3) is 27.9 Å². The molecule has 216 valence electrons. The highest BCUT2D eigenvalue weighted by Gasteiger charge is 2.33. The van der Waals surface area contributed by atoms with Crippen molar-refractivity contribution in [2.24, 2.45) is 0 Å². The molecule has 0 bridgehead atoms. The average Bonchev–Trinajstić information content (AvgIpc) is 3.75. The predicted octanol–water partition coefficient (Wildman–Crippen LogP) is 4.38. The fraction of sp³-hybridized carbons (Fsp3) is 0.375. The molecule has 0 aliphatic heterocycles. The first-order valence-electron chi connectivity index (χ1n) is 14.6. The van der Waals surface area contributed by atoms with E-state index in [9.17, 15) is 9.90 Å². The van der Waals surface area contributed by atoms with Crippen molar-refractivity contribution in [3.05, 3.63) is 78.2 Å². The standard InChI is InChI=1S/C32H35N7O3/c1-37(18-20-8-4-3-5-9-20)29-16-25(35-31-22(17-34-39(29)31)32(41)36-24-13-14-27(24)40)23-19-38(26-11-6-12-28(26)42-2)30-21(23)10-7-15-33-30/h3-5,7-10,15-17,19,24,26-28,40H,6,11-14,18H2,1-2H3,(H,36,41)/t24?,26-,27+,28-/m0/s1. The minimum Gasteiger partial charge on any atom is -0.391 e. The molecule has 4 atom stereocenters. The number of carbonyl (C=O) groups is 1. The number of amides is 1. The highest BCUT2D eigenvalue weighted by Crippen LogP contribution is 2.39. The van der Waals surface area contributed by atoms with Gasteiger partial charge >= 0.3 is 0 Å². The van der Waals surface area contributed by atoms with E-state index in [0.717, 1.165) is 59.4 Å². The van der Waals surface area contributed by atoms with Gasteiger partial charge in [-0.2, -0.15) is 9.61 Å². The molecule has 2 aliphatic carbocycles. The minimum atomic E-state index is -0.517. The number of hydrogen-bond donors (Lipinski definition) is 2. The predicted molar refractivity (Wildman–Crippen MR) is 160 cm³/mol. The second kappa shape index (κ2) is 10.8. The van der Waals surface area contributed by atoms with Crippen LogP contribution in [0, 0.1) is 0 Å². The fourth-order valence-corrected chi connectivity index (χ4v) is 6.39. The third-order valence-corrected chi connectivity index (χ3v) is 8.85. The van der Waals surface area contributed by atoms with Gasteiger partial charge in [0, 0.05) is 50.1 Å².